The number of hydrogen-bond donors (Lipinski definition) is 0. The number of benzene rings is 1. The first-order chi connectivity index (χ1) is 10.1. The Morgan fingerprint density at radius 1 is 1.43 bits per heavy atom. The molecule has 0 aliphatic carbocycles. The highest BCUT2D eigenvalue weighted by Crippen LogP contribution is 2.26. The van der Waals surface area contributed by atoms with E-state index in [1.54, 1.807) is 17.5 Å². The number of hydrogen-bond acceptors (Lipinski definition) is 3. The fourth-order valence-electron chi connectivity index (χ4n) is 2.09. The maximum atomic E-state index is 5.91. The number of aromatic nitrogens is 3. The normalized spacial score (nSPS) is 12.5. The highest BCUT2D eigenvalue weighted by atomic mass is 79.9. The van der Waals surface area contributed by atoms with Crippen molar-refractivity contribution in [3.63, 3.8) is 0 Å². The molecule has 2 aromatic heterocycles. The SMILES string of the molecule is C[C@H](Cc1nc(-c2cccc(Br)c2)cs1)n1cc(Cl)cn1. The second-order valence-electron chi connectivity index (χ2n) is 4.83. The van der Waals surface area contributed by atoms with Gasteiger partial charge in [-0.15, -0.1) is 11.3 Å². The Morgan fingerprint density at radius 2 is 2.29 bits per heavy atom. The Bertz CT molecular complexity index is 753. The second-order valence-corrected chi connectivity index (χ2v) is 7.12. The minimum Gasteiger partial charge on any atom is -0.268 e. The standard InChI is InChI=1S/C15H13BrClN3S/c1-10(20-8-13(17)7-18-20)5-15-19-14(9-21-15)11-3-2-4-12(16)6-11/h2-4,6-10H,5H2,1H3/t10-/m1/s1. The summed E-state index contributed by atoms with van der Waals surface area (Å²) in [5.41, 5.74) is 2.14. The van der Waals surface area contributed by atoms with Gasteiger partial charge in [0.05, 0.1) is 28.0 Å². The topological polar surface area (TPSA) is 30.7 Å². The van der Waals surface area contributed by atoms with Crippen LogP contribution in [0.1, 0.15) is 18.0 Å². The van der Waals surface area contributed by atoms with Gasteiger partial charge in [-0.1, -0.05) is 39.7 Å². The fraction of sp³-hybridized carbons (Fsp3) is 0.200. The molecule has 3 nitrogen and oxygen atoms in total. The molecule has 0 N–H and O–H groups in total. The molecule has 6 heteroatoms. The van der Waals surface area contributed by atoms with Gasteiger partial charge >= 0.3 is 0 Å². The lowest BCUT2D eigenvalue weighted by Crippen LogP contribution is -2.08. The number of thiazole rings is 1. The zero-order valence-corrected chi connectivity index (χ0v) is 14.5. The molecule has 1 aromatic carbocycles. The summed E-state index contributed by atoms with van der Waals surface area (Å²) in [4.78, 5) is 4.72. The van der Waals surface area contributed by atoms with E-state index in [4.69, 9.17) is 16.6 Å². The van der Waals surface area contributed by atoms with Crippen LogP contribution in [0, 0.1) is 0 Å². The summed E-state index contributed by atoms with van der Waals surface area (Å²) >= 11 is 11.1. The van der Waals surface area contributed by atoms with Gasteiger partial charge in [0.1, 0.15) is 0 Å². The zero-order valence-electron chi connectivity index (χ0n) is 11.3. The van der Waals surface area contributed by atoms with Crippen molar-refractivity contribution in [3.8, 4) is 11.3 Å². The Balaban J connectivity index is 1.76. The van der Waals surface area contributed by atoms with Crippen molar-refractivity contribution in [2.75, 3.05) is 0 Å². The molecule has 0 amide bonds. The Labute approximate surface area is 140 Å². The van der Waals surface area contributed by atoms with Gasteiger partial charge in [0.2, 0.25) is 0 Å². The van der Waals surface area contributed by atoms with Crippen LogP contribution in [0.4, 0.5) is 0 Å². The van der Waals surface area contributed by atoms with Gasteiger partial charge in [-0.25, -0.2) is 4.98 Å². The largest absolute Gasteiger partial charge is 0.268 e. The molecule has 2 heterocycles. The van der Waals surface area contributed by atoms with E-state index in [9.17, 15) is 0 Å². The van der Waals surface area contributed by atoms with E-state index in [2.05, 4.69) is 45.5 Å². The molecule has 1 atom stereocenters. The lowest BCUT2D eigenvalue weighted by Gasteiger charge is -2.09. The van der Waals surface area contributed by atoms with E-state index in [1.165, 1.54) is 0 Å². The van der Waals surface area contributed by atoms with Crippen LogP contribution in [0.3, 0.4) is 0 Å². The first kappa shape index (κ1) is 14.8. The van der Waals surface area contributed by atoms with Crippen LogP contribution in [-0.4, -0.2) is 14.8 Å². The van der Waals surface area contributed by atoms with E-state index in [0.717, 1.165) is 27.2 Å². The summed E-state index contributed by atoms with van der Waals surface area (Å²) in [5, 5.41) is 8.10. The molecule has 0 spiro atoms. The van der Waals surface area contributed by atoms with Crippen molar-refractivity contribution in [2.45, 2.75) is 19.4 Å². The third-order valence-electron chi connectivity index (χ3n) is 3.16. The van der Waals surface area contributed by atoms with E-state index in [-0.39, 0.29) is 6.04 Å². The fourth-order valence-corrected chi connectivity index (χ4v) is 3.55. The third kappa shape index (κ3) is 3.54. The van der Waals surface area contributed by atoms with E-state index in [1.807, 2.05) is 23.0 Å². The summed E-state index contributed by atoms with van der Waals surface area (Å²) < 4.78 is 2.94. The van der Waals surface area contributed by atoms with Crippen molar-refractivity contribution in [3.05, 3.63) is 56.5 Å². The molecule has 3 aromatic rings. The van der Waals surface area contributed by atoms with Crippen LogP contribution in [0.15, 0.2) is 46.5 Å². The summed E-state index contributed by atoms with van der Waals surface area (Å²) in [7, 11) is 0. The lowest BCUT2D eigenvalue weighted by molar-refractivity contribution is 0.488. The molecule has 0 saturated carbocycles. The molecule has 3 rings (SSSR count). The summed E-state index contributed by atoms with van der Waals surface area (Å²) in [6.07, 6.45) is 4.35. The molecular formula is C15H13BrClN3S. The van der Waals surface area contributed by atoms with E-state index in [0.29, 0.717) is 5.02 Å². The predicted octanol–water partition coefficient (Wildman–Crippen LogP) is 5.23. The van der Waals surface area contributed by atoms with Crippen molar-refractivity contribution in [1.29, 1.82) is 0 Å². The van der Waals surface area contributed by atoms with Gasteiger partial charge in [-0.3, -0.25) is 4.68 Å². The highest BCUT2D eigenvalue weighted by molar-refractivity contribution is 9.10. The van der Waals surface area contributed by atoms with Crippen LogP contribution >= 0.6 is 38.9 Å². The van der Waals surface area contributed by atoms with Gasteiger partial charge in [-0.2, -0.15) is 5.10 Å². The maximum Gasteiger partial charge on any atom is 0.0953 e. The summed E-state index contributed by atoms with van der Waals surface area (Å²) in [6.45, 7) is 2.11. The van der Waals surface area contributed by atoms with Crippen LogP contribution in [0.5, 0.6) is 0 Å². The molecule has 21 heavy (non-hydrogen) atoms. The summed E-state index contributed by atoms with van der Waals surface area (Å²) in [5.74, 6) is 0. The minimum atomic E-state index is 0.235. The molecule has 108 valence electrons. The van der Waals surface area contributed by atoms with Gasteiger partial charge in [0, 0.05) is 28.0 Å². The van der Waals surface area contributed by atoms with Crippen LogP contribution < -0.4 is 0 Å². The van der Waals surface area contributed by atoms with E-state index >= 15 is 0 Å². The summed E-state index contributed by atoms with van der Waals surface area (Å²) in [6, 6.07) is 8.42. The molecule has 0 saturated heterocycles. The average Bonchev–Trinajstić information content (AvgIpc) is 3.08. The van der Waals surface area contributed by atoms with Crippen LogP contribution in [0.2, 0.25) is 5.02 Å². The first-order valence-electron chi connectivity index (χ1n) is 6.52. The lowest BCUT2D eigenvalue weighted by atomic mass is 10.2. The minimum absolute atomic E-state index is 0.235. The van der Waals surface area contributed by atoms with Gasteiger partial charge in [-0.05, 0) is 19.1 Å². The van der Waals surface area contributed by atoms with Crippen LogP contribution in [0.25, 0.3) is 11.3 Å². The predicted molar refractivity (Wildman–Crippen MR) is 90.9 cm³/mol. The molecule has 0 radical (unpaired) electrons. The first-order valence-corrected chi connectivity index (χ1v) is 8.57. The molecule has 0 fully saturated rings. The maximum absolute atomic E-state index is 5.91. The van der Waals surface area contributed by atoms with Crippen molar-refractivity contribution in [2.24, 2.45) is 0 Å². The van der Waals surface area contributed by atoms with E-state index < -0.39 is 0 Å². The zero-order chi connectivity index (χ0) is 14.8. The van der Waals surface area contributed by atoms with Crippen molar-refractivity contribution < 1.29 is 0 Å². The van der Waals surface area contributed by atoms with Crippen molar-refractivity contribution in [1.82, 2.24) is 14.8 Å². The van der Waals surface area contributed by atoms with Gasteiger partial charge in [0.15, 0.2) is 0 Å². The third-order valence-corrected chi connectivity index (χ3v) is 4.72. The van der Waals surface area contributed by atoms with Crippen molar-refractivity contribution >= 4 is 38.9 Å². The Kier molecular flexibility index (Phi) is 4.42. The molecule has 0 bridgehead atoms. The second kappa shape index (κ2) is 6.30. The average molecular weight is 383 g/mol. The monoisotopic (exact) mass is 381 g/mol. The molecule has 0 unspecified atom stereocenters. The number of rotatable bonds is 4. The smallest absolute Gasteiger partial charge is 0.0953 e. The number of nitrogens with zero attached hydrogens (tertiary/aromatic N) is 3. The Hall–Kier alpha value is -1.17. The number of halogens is 2. The highest BCUT2D eigenvalue weighted by Gasteiger charge is 2.11. The van der Waals surface area contributed by atoms with Crippen LogP contribution in [-0.2, 0) is 6.42 Å². The quantitative estimate of drug-likeness (QED) is 0.619. The van der Waals surface area contributed by atoms with Gasteiger partial charge < -0.3 is 0 Å². The molecule has 0 aliphatic rings. The Morgan fingerprint density at radius 3 is 3.00 bits per heavy atom. The van der Waals surface area contributed by atoms with Gasteiger partial charge in [0.25, 0.3) is 0 Å². The molecular weight excluding hydrogens is 370 g/mol. The molecule has 0 aliphatic heterocycles.